The summed E-state index contributed by atoms with van der Waals surface area (Å²) in [5.41, 5.74) is 2.29. The number of rotatable bonds is 6. The normalized spacial score (nSPS) is 16.9. The van der Waals surface area contributed by atoms with Gasteiger partial charge in [0.2, 0.25) is 0 Å². The van der Waals surface area contributed by atoms with Crippen molar-refractivity contribution in [2.45, 2.75) is 19.0 Å². The molecule has 2 aromatic rings. The van der Waals surface area contributed by atoms with Crippen molar-refractivity contribution in [2.75, 3.05) is 39.3 Å². The van der Waals surface area contributed by atoms with Gasteiger partial charge < -0.3 is 25.0 Å². The van der Waals surface area contributed by atoms with Gasteiger partial charge in [-0.15, -0.1) is 0 Å². The first-order valence-electron chi connectivity index (χ1n) is 9.22. The van der Waals surface area contributed by atoms with Crippen LogP contribution in [0.1, 0.15) is 12.0 Å². The molecule has 0 amide bonds. The minimum Gasteiger partial charge on any atom is -0.493 e. The van der Waals surface area contributed by atoms with Crippen LogP contribution in [0.25, 0.3) is 0 Å². The molecule has 0 radical (unpaired) electrons. The molecule has 0 bridgehead atoms. The summed E-state index contributed by atoms with van der Waals surface area (Å²) in [7, 11) is 5.10. The van der Waals surface area contributed by atoms with Crippen molar-refractivity contribution in [3.63, 3.8) is 0 Å². The first kappa shape index (κ1) is 18.9. The van der Waals surface area contributed by atoms with E-state index in [1.807, 2.05) is 24.3 Å². The number of aliphatic imine (C=N–C) groups is 1. The number of methoxy groups -OCH3 is 2. The summed E-state index contributed by atoms with van der Waals surface area (Å²) in [4.78, 5) is 6.77. The van der Waals surface area contributed by atoms with Crippen molar-refractivity contribution in [1.29, 1.82) is 0 Å². The quantitative estimate of drug-likeness (QED) is 0.606. The molecule has 6 heteroatoms. The third-order valence-corrected chi connectivity index (χ3v) is 4.80. The Bertz CT molecular complexity index is 764. The van der Waals surface area contributed by atoms with Gasteiger partial charge in [0.1, 0.15) is 0 Å². The standard InChI is InChI=1S/C21H28N4O2/c1-22-21(23-14-16-8-7-11-19(26-2)20(16)27-3)24-17-12-13-25(15-17)18-9-5-4-6-10-18/h4-11,17H,12-15H2,1-3H3,(H2,22,23,24). The Balaban J connectivity index is 1.56. The summed E-state index contributed by atoms with van der Waals surface area (Å²) in [6.07, 6.45) is 1.08. The first-order chi connectivity index (χ1) is 13.2. The fourth-order valence-corrected chi connectivity index (χ4v) is 3.41. The third kappa shape index (κ3) is 4.64. The Kier molecular flexibility index (Phi) is 6.41. The van der Waals surface area contributed by atoms with Crippen LogP contribution < -0.4 is 25.0 Å². The largest absolute Gasteiger partial charge is 0.493 e. The second-order valence-electron chi connectivity index (χ2n) is 6.49. The lowest BCUT2D eigenvalue weighted by atomic mass is 10.2. The zero-order valence-electron chi connectivity index (χ0n) is 16.2. The monoisotopic (exact) mass is 368 g/mol. The molecule has 6 nitrogen and oxygen atoms in total. The number of hydrogen-bond donors (Lipinski definition) is 2. The van der Waals surface area contributed by atoms with Crippen molar-refractivity contribution < 1.29 is 9.47 Å². The predicted octanol–water partition coefficient (Wildman–Crippen LogP) is 2.65. The van der Waals surface area contributed by atoms with Crippen LogP contribution >= 0.6 is 0 Å². The number of guanidine groups is 1. The summed E-state index contributed by atoms with van der Waals surface area (Å²) < 4.78 is 10.9. The van der Waals surface area contributed by atoms with E-state index in [-0.39, 0.29) is 0 Å². The Morgan fingerprint density at radius 1 is 1.11 bits per heavy atom. The highest BCUT2D eigenvalue weighted by atomic mass is 16.5. The lowest BCUT2D eigenvalue weighted by molar-refractivity contribution is 0.351. The molecule has 2 N–H and O–H groups in total. The fourth-order valence-electron chi connectivity index (χ4n) is 3.41. The lowest BCUT2D eigenvalue weighted by Gasteiger charge is -2.20. The predicted molar refractivity (Wildman–Crippen MR) is 110 cm³/mol. The van der Waals surface area contributed by atoms with Crippen LogP contribution in [-0.4, -0.2) is 46.4 Å². The van der Waals surface area contributed by atoms with E-state index in [2.05, 4.69) is 44.8 Å². The van der Waals surface area contributed by atoms with E-state index in [0.29, 0.717) is 12.6 Å². The SMILES string of the molecule is CN=C(NCc1cccc(OC)c1OC)NC1CCN(c2ccccc2)C1. The van der Waals surface area contributed by atoms with Crippen LogP contribution in [0.5, 0.6) is 11.5 Å². The van der Waals surface area contributed by atoms with Gasteiger partial charge in [-0.3, -0.25) is 4.99 Å². The Morgan fingerprint density at radius 3 is 2.63 bits per heavy atom. The van der Waals surface area contributed by atoms with Crippen LogP contribution in [0, 0.1) is 0 Å². The van der Waals surface area contributed by atoms with E-state index in [0.717, 1.165) is 42.5 Å². The highest BCUT2D eigenvalue weighted by Crippen LogP contribution is 2.30. The summed E-state index contributed by atoms with van der Waals surface area (Å²) in [5, 5.41) is 6.90. The van der Waals surface area contributed by atoms with Gasteiger partial charge in [0, 0.05) is 44.0 Å². The molecule has 1 heterocycles. The van der Waals surface area contributed by atoms with Crippen molar-refractivity contribution in [1.82, 2.24) is 10.6 Å². The number of benzene rings is 2. The molecule has 1 saturated heterocycles. The van der Waals surface area contributed by atoms with Crippen LogP contribution in [0.3, 0.4) is 0 Å². The minimum absolute atomic E-state index is 0.364. The van der Waals surface area contributed by atoms with Gasteiger partial charge in [-0.2, -0.15) is 0 Å². The molecule has 2 aromatic carbocycles. The molecule has 1 unspecified atom stereocenters. The van der Waals surface area contributed by atoms with Crippen LogP contribution in [0.15, 0.2) is 53.5 Å². The molecule has 0 aromatic heterocycles. The maximum Gasteiger partial charge on any atom is 0.191 e. The number of hydrogen-bond acceptors (Lipinski definition) is 4. The van der Waals surface area contributed by atoms with Gasteiger partial charge in [0.15, 0.2) is 17.5 Å². The van der Waals surface area contributed by atoms with Gasteiger partial charge in [-0.1, -0.05) is 30.3 Å². The highest BCUT2D eigenvalue weighted by Gasteiger charge is 2.23. The number of anilines is 1. The molecule has 1 aliphatic rings. The Morgan fingerprint density at radius 2 is 1.93 bits per heavy atom. The molecule has 0 spiro atoms. The number of para-hydroxylation sites is 2. The van der Waals surface area contributed by atoms with Gasteiger partial charge in [0.25, 0.3) is 0 Å². The maximum absolute atomic E-state index is 5.50. The smallest absolute Gasteiger partial charge is 0.191 e. The summed E-state index contributed by atoms with van der Waals surface area (Å²) in [6.45, 7) is 2.62. The number of nitrogens with zero attached hydrogens (tertiary/aromatic N) is 2. The molecular weight excluding hydrogens is 340 g/mol. The van der Waals surface area contributed by atoms with Crippen LogP contribution in [-0.2, 0) is 6.54 Å². The Labute approximate surface area is 161 Å². The van der Waals surface area contributed by atoms with E-state index >= 15 is 0 Å². The zero-order valence-corrected chi connectivity index (χ0v) is 16.2. The van der Waals surface area contributed by atoms with Crippen molar-refractivity contribution >= 4 is 11.6 Å². The maximum atomic E-state index is 5.50. The average Bonchev–Trinajstić information content (AvgIpc) is 3.19. The fraction of sp³-hybridized carbons (Fsp3) is 0.381. The molecule has 0 saturated carbocycles. The molecule has 1 fully saturated rings. The molecule has 27 heavy (non-hydrogen) atoms. The minimum atomic E-state index is 0.364. The summed E-state index contributed by atoms with van der Waals surface area (Å²) >= 11 is 0. The number of nitrogens with one attached hydrogen (secondary N) is 2. The second-order valence-corrected chi connectivity index (χ2v) is 6.49. The molecule has 1 atom stereocenters. The van der Waals surface area contributed by atoms with Gasteiger partial charge in [-0.25, -0.2) is 0 Å². The van der Waals surface area contributed by atoms with Crippen LogP contribution in [0.4, 0.5) is 5.69 Å². The molecule has 0 aliphatic carbocycles. The van der Waals surface area contributed by atoms with E-state index in [4.69, 9.17) is 9.47 Å². The summed E-state index contributed by atoms with van der Waals surface area (Å²) in [5.74, 6) is 2.27. The molecule has 144 valence electrons. The second kappa shape index (κ2) is 9.16. The highest BCUT2D eigenvalue weighted by molar-refractivity contribution is 5.80. The van der Waals surface area contributed by atoms with E-state index in [1.54, 1.807) is 21.3 Å². The van der Waals surface area contributed by atoms with Crippen molar-refractivity contribution in [2.24, 2.45) is 4.99 Å². The average molecular weight is 368 g/mol. The van der Waals surface area contributed by atoms with E-state index in [1.165, 1.54) is 5.69 Å². The van der Waals surface area contributed by atoms with Crippen LogP contribution in [0.2, 0.25) is 0 Å². The first-order valence-corrected chi connectivity index (χ1v) is 9.22. The molecule has 3 rings (SSSR count). The van der Waals surface area contributed by atoms with E-state index < -0.39 is 0 Å². The zero-order chi connectivity index (χ0) is 19.1. The molecular formula is C21H28N4O2. The lowest BCUT2D eigenvalue weighted by Crippen LogP contribution is -2.44. The molecule has 1 aliphatic heterocycles. The van der Waals surface area contributed by atoms with Gasteiger partial charge in [-0.05, 0) is 24.6 Å². The topological polar surface area (TPSA) is 58.1 Å². The number of ether oxygens (including phenoxy) is 2. The third-order valence-electron chi connectivity index (χ3n) is 4.80. The summed E-state index contributed by atoms with van der Waals surface area (Å²) in [6, 6.07) is 16.8. The van der Waals surface area contributed by atoms with E-state index in [9.17, 15) is 0 Å². The van der Waals surface area contributed by atoms with Gasteiger partial charge >= 0.3 is 0 Å². The Hall–Kier alpha value is -2.89. The van der Waals surface area contributed by atoms with Gasteiger partial charge in [0.05, 0.1) is 14.2 Å². The van der Waals surface area contributed by atoms with Crippen molar-refractivity contribution in [3.8, 4) is 11.5 Å². The van der Waals surface area contributed by atoms with Crippen molar-refractivity contribution in [3.05, 3.63) is 54.1 Å².